The largest absolute Gasteiger partial charge is 0.351 e. The number of aromatic nitrogens is 4. The lowest BCUT2D eigenvalue weighted by Gasteiger charge is -2.31. The Morgan fingerprint density at radius 1 is 1.00 bits per heavy atom. The number of unbranched alkanes of at least 4 members (excludes halogenated alkanes) is 1. The van der Waals surface area contributed by atoms with Crippen LogP contribution >= 0.6 is 0 Å². The van der Waals surface area contributed by atoms with Crippen molar-refractivity contribution in [3.05, 3.63) is 82.1 Å². The summed E-state index contributed by atoms with van der Waals surface area (Å²) >= 11 is 0. The maximum absolute atomic E-state index is 14.0. The topological polar surface area (TPSA) is 94.0 Å². The third-order valence-corrected chi connectivity index (χ3v) is 6.80. The monoisotopic (exact) mass is 485 g/mol. The van der Waals surface area contributed by atoms with Crippen molar-refractivity contribution in [3.63, 3.8) is 0 Å². The number of fused-ring (bicyclic) bond motifs is 1. The van der Waals surface area contributed by atoms with Crippen molar-refractivity contribution in [3.8, 4) is 0 Å². The van der Waals surface area contributed by atoms with Crippen molar-refractivity contribution < 1.29 is 0 Å². The van der Waals surface area contributed by atoms with Crippen molar-refractivity contribution in [1.82, 2.24) is 19.1 Å². The fourth-order valence-corrected chi connectivity index (χ4v) is 4.89. The van der Waals surface area contributed by atoms with Crippen LogP contribution in [0.5, 0.6) is 0 Å². The van der Waals surface area contributed by atoms with Gasteiger partial charge in [0.15, 0.2) is 11.2 Å². The number of hydrogen-bond donors (Lipinski definition) is 2. The number of nitrogens with two attached hydrogens (primary N) is 1. The Kier molecular flexibility index (Phi) is 7.32. The molecule has 0 amide bonds. The summed E-state index contributed by atoms with van der Waals surface area (Å²) < 4.78 is 3.82. The van der Waals surface area contributed by atoms with E-state index in [4.69, 9.17) is 15.7 Å². The molecule has 0 saturated carbocycles. The fraction of sp³-hybridized carbons (Fsp3) is 0.393. The van der Waals surface area contributed by atoms with Gasteiger partial charge < -0.3 is 16.0 Å². The molecule has 8 heteroatoms. The molecule has 1 fully saturated rings. The molecule has 3 N–H and O–H groups in total. The van der Waals surface area contributed by atoms with E-state index in [1.54, 1.807) is 4.57 Å². The van der Waals surface area contributed by atoms with E-state index in [0.29, 0.717) is 36.7 Å². The normalized spacial score (nSPS) is 15.9. The second-order valence-electron chi connectivity index (χ2n) is 9.59. The Bertz CT molecular complexity index is 1350. The number of nitrogens with zero attached hydrogens (tertiary/aromatic N) is 5. The molecule has 0 spiro atoms. The second kappa shape index (κ2) is 11.0. The van der Waals surface area contributed by atoms with E-state index in [1.165, 1.54) is 0 Å². The van der Waals surface area contributed by atoms with Gasteiger partial charge in [0.25, 0.3) is 5.56 Å². The number of nitrogens with one attached hydrogen (secondary N) is 1. The maximum Gasteiger partial charge on any atom is 0.281 e. The summed E-state index contributed by atoms with van der Waals surface area (Å²) in [5.41, 5.74) is 9.54. The van der Waals surface area contributed by atoms with Gasteiger partial charge in [-0.15, -0.1) is 0 Å². The molecule has 2 aromatic carbocycles. The molecule has 0 aliphatic carbocycles. The molecule has 1 atom stereocenters. The standard InChI is InChI=1S/C28H35N7O/c1-2-3-17-34-26(36)24-25(31-27(34)30-18-21-11-6-4-7-12-21)32-28(33-16-10-15-23(29)20-33)35(24)19-22-13-8-5-9-14-22/h4-9,11-14,23H,2-3,10,15-20,29H2,1H3,(H,30,31). The summed E-state index contributed by atoms with van der Waals surface area (Å²) in [6, 6.07) is 20.5. The summed E-state index contributed by atoms with van der Waals surface area (Å²) in [7, 11) is 0. The Hall–Kier alpha value is -3.65. The minimum absolute atomic E-state index is 0.0556. The zero-order valence-corrected chi connectivity index (χ0v) is 20.9. The smallest absolute Gasteiger partial charge is 0.281 e. The third-order valence-electron chi connectivity index (χ3n) is 6.80. The molecule has 188 valence electrons. The van der Waals surface area contributed by atoms with Crippen LogP contribution in [0.4, 0.5) is 11.9 Å². The van der Waals surface area contributed by atoms with Crippen molar-refractivity contribution in [2.45, 2.75) is 58.3 Å². The van der Waals surface area contributed by atoms with E-state index < -0.39 is 0 Å². The number of hydrogen-bond acceptors (Lipinski definition) is 6. The van der Waals surface area contributed by atoms with Crippen LogP contribution in [0.3, 0.4) is 0 Å². The molecule has 36 heavy (non-hydrogen) atoms. The number of rotatable bonds is 9. The zero-order valence-electron chi connectivity index (χ0n) is 20.9. The van der Waals surface area contributed by atoms with E-state index >= 15 is 0 Å². The van der Waals surface area contributed by atoms with Crippen LogP contribution in [0.2, 0.25) is 0 Å². The molecule has 3 heterocycles. The highest BCUT2D eigenvalue weighted by molar-refractivity contribution is 5.76. The summed E-state index contributed by atoms with van der Waals surface area (Å²) in [5.74, 6) is 1.34. The van der Waals surface area contributed by atoms with Gasteiger partial charge in [0.2, 0.25) is 11.9 Å². The second-order valence-corrected chi connectivity index (χ2v) is 9.59. The highest BCUT2D eigenvalue weighted by Gasteiger charge is 2.26. The molecule has 0 bridgehead atoms. The SMILES string of the molecule is CCCCn1c(NCc2ccccc2)nc2nc(N3CCCC(N)C3)n(Cc3ccccc3)c2c1=O. The van der Waals surface area contributed by atoms with Crippen LogP contribution in [-0.4, -0.2) is 38.2 Å². The molecule has 2 aromatic heterocycles. The lowest BCUT2D eigenvalue weighted by molar-refractivity contribution is 0.495. The number of anilines is 2. The first-order valence-corrected chi connectivity index (χ1v) is 13.0. The highest BCUT2D eigenvalue weighted by atomic mass is 16.1. The molecule has 1 aliphatic rings. The van der Waals surface area contributed by atoms with Crippen LogP contribution in [0.15, 0.2) is 65.5 Å². The molecule has 0 radical (unpaired) electrons. The van der Waals surface area contributed by atoms with E-state index in [1.807, 2.05) is 41.0 Å². The van der Waals surface area contributed by atoms with Gasteiger partial charge in [-0.05, 0) is 30.4 Å². The summed E-state index contributed by atoms with van der Waals surface area (Å²) in [6.45, 7) is 5.47. The van der Waals surface area contributed by atoms with Gasteiger partial charge in [0, 0.05) is 32.2 Å². The number of imidazole rings is 1. The van der Waals surface area contributed by atoms with Crippen LogP contribution in [0.1, 0.15) is 43.7 Å². The van der Waals surface area contributed by atoms with Crippen molar-refractivity contribution in [2.24, 2.45) is 5.73 Å². The quantitative estimate of drug-likeness (QED) is 0.372. The van der Waals surface area contributed by atoms with Crippen molar-refractivity contribution >= 4 is 23.1 Å². The Morgan fingerprint density at radius 2 is 1.72 bits per heavy atom. The molecule has 1 unspecified atom stereocenters. The van der Waals surface area contributed by atoms with Crippen molar-refractivity contribution in [2.75, 3.05) is 23.3 Å². The summed E-state index contributed by atoms with van der Waals surface area (Å²) in [4.78, 5) is 26.1. The van der Waals surface area contributed by atoms with Crippen LogP contribution in [-0.2, 0) is 19.6 Å². The van der Waals surface area contributed by atoms with Crippen molar-refractivity contribution in [1.29, 1.82) is 0 Å². The maximum atomic E-state index is 14.0. The van der Waals surface area contributed by atoms with Gasteiger partial charge in [0.1, 0.15) is 0 Å². The van der Waals surface area contributed by atoms with Crippen LogP contribution in [0, 0.1) is 0 Å². The number of benzene rings is 2. The van der Waals surface area contributed by atoms with E-state index in [2.05, 4.69) is 41.4 Å². The minimum Gasteiger partial charge on any atom is -0.351 e. The molecule has 1 saturated heterocycles. The third kappa shape index (κ3) is 5.14. The summed E-state index contributed by atoms with van der Waals surface area (Å²) in [6.07, 6.45) is 3.90. The lowest BCUT2D eigenvalue weighted by atomic mass is 10.1. The van der Waals surface area contributed by atoms with Gasteiger partial charge in [-0.3, -0.25) is 13.9 Å². The van der Waals surface area contributed by atoms with E-state index in [-0.39, 0.29) is 11.6 Å². The van der Waals surface area contributed by atoms with Gasteiger partial charge in [-0.1, -0.05) is 74.0 Å². The molecule has 8 nitrogen and oxygen atoms in total. The molecular formula is C28H35N7O. The molecular weight excluding hydrogens is 450 g/mol. The van der Waals surface area contributed by atoms with E-state index in [9.17, 15) is 4.79 Å². The molecule has 1 aliphatic heterocycles. The summed E-state index contributed by atoms with van der Waals surface area (Å²) in [5, 5.41) is 3.41. The first kappa shape index (κ1) is 24.1. The van der Waals surface area contributed by atoms with Gasteiger partial charge in [-0.25, -0.2) is 0 Å². The first-order chi connectivity index (χ1) is 17.6. The van der Waals surface area contributed by atoms with Gasteiger partial charge in [-0.2, -0.15) is 9.97 Å². The fourth-order valence-electron chi connectivity index (χ4n) is 4.89. The van der Waals surface area contributed by atoms with Gasteiger partial charge >= 0.3 is 0 Å². The highest BCUT2D eigenvalue weighted by Crippen LogP contribution is 2.25. The lowest BCUT2D eigenvalue weighted by Crippen LogP contribution is -2.44. The predicted octanol–water partition coefficient (Wildman–Crippen LogP) is 3.98. The Morgan fingerprint density at radius 3 is 2.42 bits per heavy atom. The first-order valence-electron chi connectivity index (χ1n) is 13.0. The minimum atomic E-state index is -0.0556. The Labute approximate surface area is 211 Å². The Balaban J connectivity index is 1.62. The van der Waals surface area contributed by atoms with Crippen LogP contribution in [0.25, 0.3) is 11.2 Å². The predicted molar refractivity (Wildman–Crippen MR) is 145 cm³/mol. The van der Waals surface area contributed by atoms with Gasteiger partial charge in [0.05, 0.1) is 6.54 Å². The average Bonchev–Trinajstić information content (AvgIpc) is 3.26. The average molecular weight is 486 g/mol. The number of piperidine rings is 1. The van der Waals surface area contributed by atoms with E-state index in [0.717, 1.165) is 55.8 Å². The zero-order chi connectivity index (χ0) is 24.9. The molecule has 5 rings (SSSR count). The van der Waals surface area contributed by atoms with Crippen LogP contribution < -0.4 is 21.5 Å². The molecule has 4 aromatic rings.